The maximum atomic E-state index is 12.9. The number of hydrogen-bond donors (Lipinski definition) is 2. The second-order valence-corrected chi connectivity index (χ2v) is 8.07. The van der Waals surface area contributed by atoms with Crippen molar-refractivity contribution in [3.8, 4) is 0 Å². The Labute approximate surface area is 153 Å². The van der Waals surface area contributed by atoms with Crippen molar-refractivity contribution in [1.29, 1.82) is 0 Å². The number of benzene rings is 2. The van der Waals surface area contributed by atoms with Gasteiger partial charge in [-0.25, -0.2) is 4.39 Å². The Bertz CT molecular complexity index is 842. The number of fused-ring (bicyclic) bond motifs is 1. The first-order valence-corrected chi connectivity index (χ1v) is 9.61. The minimum Gasteiger partial charge on any atom is -0.383 e. The van der Waals surface area contributed by atoms with Crippen LogP contribution in [-0.2, 0) is 10.4 Å². The average molecular weight is 375 g/mol. The number of hydrogen-bond acceptors (Lipinski definition) is 4. The molecule has 1 atom stereocenters. The summed E-state index contributed by atoms with van der Waals surface area (Å²) in [7, 11) is 0. The average Bonchev–Trinajstić information content (AvgIpc) is 3.05. The summed E-state index contributed by atoms with van der Waals surface area (Å²) in [5.41, 5.74) is -1.13. The molecule has 2 aromatic carbocycles. The van der Waals surface area contributed by atoms with Crippen LogP contribution in [0.25, 0.3) is 10.1 Å². The van der Waals surface area contributed by atoms with Gasteiger partial charge in [-0.2, -0.15) is 0 Å². The molecule has 0 aliphatic carbocycles. The zero-order valence-corrected chi connectivity index (χ0v) is 15.3. The van der Waals surface area contributed by atoms with E-state index in [1.807, 2.05) is 30.3 Å². The molecule has 0 spiro atoms. The third kappa shape index (κ3) is 4.60. The highest BCUT2D eigenvalue weighted by Gasteiger charge is 2.26. The molecule has 0 radical (unpaired) electrons. The summed E-state index contributed by atoms with van der Waals surface area (Å²) >= 11 is 2.86. The summed E-state index contributed by atoms with van der Waals surface area (Å²) in [4.78, 5) is 13.7. The van der Waals surface area contributed by atoms with E-state index in [2.05, 4.69) is 5.32 Å². The van der Waals surface area contributed by atoms with Crippen LogP contribution >= 0.6 is 23.1 Å². The molecule has 0 saturated heterocycles. The van der Waals surface area contributed by atoms with Gasteiger partial charge in [0.05, 0.1) is 12.3 Å². The molecule has 0 aliphatic rings. The van der Waals surface area contributed by atoms with E-state index in [1.165, 1.54) is 35.2 Å². The monoisotopic (exact) mass is 375 g/mol. The molecule has 1 heterocycles. The molecule has 3 rings (SSSR count). The Morgan fingerprint density at radius 1 is 1.24 bits per heavy atom. The number of amides is 1. The van der Waals surface area contributed by atoms with Crippen LogP contribution in [0.3, 0.4) is 0 Å². The number of carbonyl (C=O) groups is 1. The van der Waals surface area contributed by atoms with Gasteiger partial charge in [0, 0.05) is 14.5 Å². The summed E-state index contributed by atoms with van der Waals surface area (Å²) in [6, 6.07) is 15.9. The van der Waals surface area contributed by atoms with Gasteiger partial charge in [-0.3, -0.25) is 4.79 Å². The third-order valence-corrected chi connectivity index (χ3v) is 6.15. The first-order valence-electron chi connectivity index (χ1n) is 7.80. The van der Waals surface area contributed by atoms with Gasteiger partial charge in [-0.15, -0.1) is 23.1 Å². The fraction of sp³-hybridized carbons (Fsp3) is 0.211. The Morgan fingerprint density at radius 2 is 1.96 bits per heavy atom. The van der Waals surface area contributed by atoms with E-state index in [0.717, 1.165) is 19.9 Å². The molecule has 0 aliphatic heterocycles. The van der Waals surface area contributed by atoms with Crippen molar-refractivity contribution in [2.45, 2.75) is 17.4 Å². The quantitative estimate of drug-likeness (QED) is 0.636. The third-order valence-electron chi connectivity index (χ3n) is 3.77. The maximum Gasteiger partial charge on any atom is 0.230 e. The maximum absolute atomic E-state index is 12.9. The van der Waals surface area contributed by atoms with Crippen LogP contribution < -0.4 is 5.32 Å². The molecular formula is C19H18FNO2S2. The first-order chi connectivity index (χ1) is 11.9. The van der Waals surface area contributed by atoms with Crippen molar-refractivity contribution < 1.29 is 14.3 Å². The SMILES string of the molecule is CC(O)(CNC(=O)CSc1ccc(F)cc1)c1cc2ccccc2s1. The highest BCUT2D eigenvalue weighted by molar-refractivity contribution is 8.00. The lowest BCUT2D eigenvalue weighted by molar-refractivity contribution is -0.119. The van der Waals surface area contributed by atoms with Gasteiger partial charge in [0.25, 0.3) is 0 Å². The Morgan fingerprint density at radius 3 is 2.68 bits per heavy atom. The van der Waals surface area contributed by atoms with E-state index >= 15 is 0 Å². The summed E-state index contributed by atoms with van der Waals surface area (Å²) in [5, 5.41) is 14.6. The van der Waals surface area contributed by atoms with Crippen molar-refractivity contribution in [1.82, 2.24) is 5.32 Å². The smallest absolute Gasteiger partial charge is 0.230 e. The largest absolute Gasteiger partial charge is 0.383 e. The van der Waals surface area contributed by atoms with Gasteiger partial charge >= 0.3 is 0 Å². The number of carbonyl (C=O) groups excluding carboxylic acids is 1. The molecule has 25 heavy (non-hydrogen) atoms. The van der Waals surface area contributed by atoms with E-state index < -0.39 is 5.60 Å². The number of thiophene rings is 1. The standard InChI is InChI=1S/C19H18FNO2S2/c1-19(23,17-10-13-4-2-3-5-16(13)25-17)12-21-18(22)11-24-15-8-6-14(20)7-9-15/h2-10,23H,11-12H2,1H3,(H,21,22). The van der Waals surface area contributed by atoms with E-state index in [-0.39, 0.29) is 24.0 Å². The van der Waals surface area contributed by atoms with E-state index in [0.29, 0.717) is 0 Å². The molecule has 1 amide bonds. The van der Waals surface area contributed by atoms with Crippen molar-refractivity contribution >= 4 is 39.1 Å². The Hall–Kier alpha value is -1.89. The van der Waals surface area contributed by atoms with Crippen molar-refractivity contribution in [2.24, 2.45) is 0 Å². The molecule has 2 N–H and O–H groups in total. The summed E-state index contributed by atoms with van der Waals surface area (Å²) in [5.74, 6) is -0.252. The molecule has 0 fully saturated rings. The van der Waals surface area contributed by atoms with Crippen molar-refractivity contribution in [2.75, 3.05) is 12.3 Å². The second-order valence-electron chi connectivity index (χ2n) is 5.94. The number of aliphatic hydroxyl groups is 1. The molecule has 1 unspecified atom stereocenters. The first kappa shape index (κ1) is 17.9. The molecular weight excluding hydrogens is 357 g/mol. The fourth-order valence-corrected chi connectivity index (χ4v) is 4.17. The lowest BCUT2D eigenvalue weighted by Gasteiger charge is -2.22. The van der Waals surface area contributed by atoms with Gasteiger partial charge in [0.15, 0.2) is 0 Å². The van der Waals surface area contributed by atoms with Gasteiger partial charge in [0.1, 0.15) is 11.4 Å². The van der Waals surface area contributed by atoms with Crippen LogP contribution in [0.1, 0.15) is 11.8 Å². The molecule has 3 nitrogen and oxygen atoms in total. The summed E-state index contributed by atoms with van der Waals surface area (Å²) < 4.78 is 14.0. The van der Waals surface area contributed by atoms with Gasteiger partial charge < -0.3 is 10.4 Å². The van der Waals surface area contributed by atoms with Crippen LogP contribution in [0.15, 0.2) is 59.5 Å². The number of nitrogens with one attached hydrogen (secondary N) is 1. The zero-order chi connectivity index (χ0) is 17.9. The predicted molar refractivity (Wildman–Crippen MR) is 102 cm³/mol. The summed E-state index contributed by atoms with van der Waals surface area (Å²) in [6.45, 7) is 1.84. The van der Waals surface area contributed by atoms with Crippen molar-refractivity contribution in [3.63, 3.8) is 0 Å². The Balaban J connectivity index is 1.55. The molecule has 0 bridgehead atoms. The lowest BCUT2D eigenvalue weighted by Crippen LogP contribution is -2.38. The van der Waals surface area contributed by atoms with E-state index in [4.69, 9.17) is 0 Å². The van der Waals surface area contributed by atoms with Crippen LogP contribution in [0.2, 0.25) is 0 Å². The fourth-order valence-electron chi connectivity index (χ4n) is 2.34. The predicted octanol–water partition coefficient (Wildman–Crippen LogP) is 4.16. The minimum atomic E-state index is -1.13. The summed E-state index contributed by atoms with van der Waals surface area (Å²) in [6.07, 6.45) is 0. The van der Waals surface area contributed by atoms with Gasteiger partial charge in [-0.1, -0.05) is 18.2 Å². The van der Waals surface area contributed by atoms with Crippen molar-refractivity contribution in [3.05, 3.63) is 65.3 Å². The number of thioether (sulfide) groups is 1. The van der Waals surface area contributed by atoms with Crippen LogP contribution in [0.4, 0.5) is 4.39 Å². The number of rotatable bonds is 6. The molecule has 0 saturated carbocycles. The minimum absolute atomic E-state index is 0.142. The van der Waals surface area contributed by atoms with E-state index in [1.54, 1.807) is 19.1 Å². The van der Waals surface area contributed by atoms with Crippen LogP contribution in [-0.4, -0.2) is 23.3 Å². The van der Waals surface area contributed by atoms with Gasteiger partial charge in [0.2, 0.25) is 5.91 Å². The molecule has 130 valence electrons. The zero-order valence-electron chi connectivity index (χ0n) is 13.7. The Kier molecular flexibility index (Phi) is 5.42. The molecule has 3 aromatic rings. The normalized spacial score (nSPS) is 13.6. The van der Waals surface area contributed by atoms with Crippen LogP contribution in [0, 0.1) is 5.82 Å². The van der Waals surface area contributed by atoms with E-state index in [9.17, 15) is 14.3 Å². The van der Waals surface area contributed by atoms with Crippen LogP contribution in [0.5, 0.6) is 0 Å². The molecule has 6 heteroatoms. The second kappa shape index (κ2) is 7.56. The topological polar surface area (TPSA) is 49.3 Å². The lowest BCUT2D eigenvalue weighted by atomic mass is 10.0. The molecule has 1 aromatic heterocycles. The highest BCUT2D eigenvalue weighted by atomic mass is 32.2. The highest BCUT2D eigenvalue weighted by Crippen LogP contribution is 2.32. The number of halogens is 1. The van der Waals surface area contributed by atoms with Gasteiger partial charge in [-0.05, 0) is 48.7 Å².